The summed E-state index contributed by atoms with van der Waals surface area (Å²) in [4.78, 5) is 3.77. The van der Waals surface area contributed by atoms with Crippen LogP contribution in [0.1, 0.15) is 24.8 Å². The third-order valence-electron chi connectivity index (χ3n) is 3.42. The first-order valence-electron chi connectivity index (χ1n) is 6.51. The largest absolute Gasteiger partial charge is 0.374 e. The van der Waals surface area contributed by atoms with Crippen LogP contribution in [0.5, 0.6) is 0 Å². The molecule has 6 heteroatoms. The molecule has 1 fully saturated rings. The molecule has 0 bridgehead atoms. The Morgan fingerprint density at radius 1 is 1.63 bits per heavy atom. The Labute approximate surface area is 132 Å². The molecule has 1 aromatic heterocycles. The maximum atomic E-state index is 6.20. The highest BCUT2D eigenvalue weighted by atomic mass is 79.9. The van der Waals surface area contributed by atoms with E-state index in [1.54, 1.807) is 11.3 Å². The number of likely N-dealkylation sites (N-methyl/N-ethyl adjacent to an activating group) is 1. The van der Waals surface area contributed by atoms with Crippen LogP contribution in [-0.2, 0) is 4.74 Å². The van der Waals surface area contributed by atoms with Crippen molar-refractivity contribution in [3.05, 3.63) is 19.8 Å². The average Bonchev–Trinajstić information content (AvgIpc) is 2.69. The molecular weight excluding hydrogens is 348 g/mol. The summed E-state index contributed by atoms with van der Waals surface area (Å²) in [5, 5.41) is 3.23. The normalized spacial score (nSPS) is 25.2. The molecule has 1 aliphatic rings. The van der Waals surface area contributed by atoms with Crippen molar-refractivity contribution >= 4 is 38.9 Å². The van der Waals surface area contributed by atoms with Gasteiger partial charge in [-0.05, 0) is 42.9 Å². The molecule has 0 amide bonds. The number of nitrogens with zero attached hydrogens (tertiary/aromatic N) is 1. The Balaban J connectivity index is 2.31. The van der Waals surface area contributed by atoms with Gasteiger partial charge < -0.3 is 10.1 Å². The zero-order valence-electron chi connectivity index (χ0n) is 11.5. The number of ether oxygens (including phenoxy) is 1. The Morgan fingerprint density at radius 2 is 2.37 bits per heavy atom. The number of halogens is 2. The maximum Gasteiger partial charge on any atom is 0.107 e. The van der Waals surface area contributed by atoms with Crippen LogP contribution >= 0.6 is 38.9 Å². The summed E-state index contributed by atoms with van der Waals surface area (Å²) in [6, 6.07) is 2.90. The van der Waals surface area contributed by atoms with E-state index in [-0.39, 0.29) is 12.1 Å². The van der Waals surface area contributed by atoms with Crippen LogP contribution in [-0.4, -0.2) is 43.8 Å². The topological polar surface area (TPSA) is 24.5 Å². The molecule has 2 atom stereocenters. The fourth-order valence-corrected chi connectivity index (χ4v) is 4.47. The lowest BCUT2D eigenvalue weighted by Gasteiger charge is -2.43. The molecule has 3 nitrogen and oxygen atoms in total. The minimum Gasteiger partial charge on any atom is -0.374 e. The Bertz CT molecular complexity index is 405. The molecule has 0 saturated carbocycles. The van der Waals surface area contributed by atoms with Gasteiger partial charge in [0.25, 0.3) is 0 Å². The zero-order chi connectivity index (χ0) is 14.0. The molecule has 2 unspecified atom stereocenters. The van der Waals surface area contributed by atoms with Crippen LogP contribution in [0.15, 0.2) is 10.5 Å². The molecule has 108 valence electrons. The van der Waals surface area contributed by atoms with Gasteiger partial charge in [-0.1, -0.05) is 11.6 Å². The molecule has 2 rings (SSSR count). The quantitative estimate of drug-likeness (QED) is 0.881. The van der Waals surface area contributed by atoms with E-state index in [0.29, 0.717) is 6.04 Å². The lowest BCUT2D eigenvalue weighted by Crippen LogP contribution is -2.50. The Kier molecular flexibility index (Phi) is 5.69. The summed E-state index contributed by atoms with van der Waals surface area (Å²) in [6.45, 7) is 7.08. The van der Waals surface area contributed by atoms with Crippen molar-refractivity contribution in [2.45, 2.75) is 32.0 Å². The third kappa shape index (κ3) is 3.52. The van der Waals surface area contributed by atoms with Gasteiger partial charge in [-0.3, -0.25) is 4.90 Å². The van der Waals surface area contributed by atoms with E-state index in [1.807, 2.05) is 7.05 Å². The first-order chi connectivity index (χ1) is 9.04. The van der Waals surface area contributed by atoms with Gasteiger partial charge in [0, 0.05) is 28.5 Å². The monoisotopic (exact) mass is 366 g/mol. The van der Waals surface area contributed by atoms with Crippen LogP contribution in [0, 0.1) is 0 Å². The highest BCUT2D eigenvalue weighted by molar-refractivity contribution is 9.10. The summed E-state index contributed by atoms with van der Waals surface area (Å²) < 4.78 is 7.75. The molecule has 2 heterocycles. The van der Waals surface area contributed by atoms with Crippen molar-refractivity contribution in [2.75, 3.05) is 26.7 Å². The van der Waals surface area contributed by atoms with E-state index < -0.39 is 0 Å². The summed E-state index contributed by atoms with van der Waals surface area (Å²) in [7, 11) is 1.96. The van der Waals surface area contributed by atoms with Gasteiger partial charge in [-0.25, -0.2) is 0 Å². The van der Waals surface area contributed by atoms with E-state index in [1.165, 1.54) is 4.88 Å². The lowest BCUT2D eigenvalue weighted by atomic mass is 10.0. The van der Waals surface area contributed by atoms with Gasteiger partial charge >= 0.3 is 0 Å². The van der Waals surface area contributed by atoms with E-state index in [4.69, 9.17) is 16.3 Å². The van der Waals surface area contributed by atoms with Gasteiger partial charge in [-0.15, -0.1) is 11.3 Å². The predicted octanol–water partition coefficient (Wildman–Crippen LogP) is 3.53. The second-order valence-electron chi connectivity index (χ2n) is 5.01. The first kappa shape index (κ1) is 15.7. The maximum absolute atomic E-state index is 6.20. The van der Waals surface area contributed by atoms with Crippen molar-refractivity contribution < 1.29 is 4.74 Å². The molecule has 19 heavy (non-hydrogen) atoms. The van der Waals surface area contributed by atoms with E-state index in [9.17, 15) is 0 Å². The van der Waals surface area contributed by atoms with E-state index in [0.717, 1.165) is 28.5 Å². The summed E-state index contributed by atoms with van der Waals surface area (Å²) in [5.41, 5.74) is 0. The molecular formula is C13H20BrClN2OS. The van der Waals surface area contributed by atoms with Crippen LogP contribution in [0.2, 0.25) is 4.34 Å². The first-order valence-corrected chi connectivity index (χ1v) is 8.50. The standard InChI is InChI=1S/C13H20BrClN2OS/c1-8(2)17-4-5-18-10(7-16-3)12(17)11-6-9(14)13(15)19-11/h6,8,10,12,16H,4-5,7H2,1-3H3. The minimum absolute atomic E-state index is 0.169. The van der Waals surface area contributed by atoms with Crippen LogP contribution in [0.4, 0.5) is 0 Å². The van der Waals surface area contributed by atoms with Crippen molar-refractivity contribution in [2.24, 2.45) is 0 Å². The second kappa shape index (κ2) is 6.87. The number of nitrogens with one attached hydrogen (secondary N) is 1. The minimum atomic E-state index is 0.169. The fourth-order valence-electron chi connectivity index (χ4n) is 2.56. The molecule has 0 aliphatic carbocycles. The molecule has 1 N–H and O–H groups in total. The fraction of sp³-hybridized carbons (Fsp3) is 0.692. The average molecular weight is 368 g/mol. The Morgan fingerprint density at radius 3 is 2.89 bits per heavy atom. The molecule has 1 saturated heterocycles. The van der Waals surface area contributed by atoms with Crippen molar-refractivity contribution in [3.63, 3.8) is 0 Å². The predicted molar refractivity (Wildman–Crippen MR) is 85.3 cm³/mol. The van der Waals surface area contributed by atoms with Crippen molar-refractivity contribution in [3.8, 4) is 0 Å². The lowest BCUT2D eigenvalue weighted by molar-refractivity contribution is -0.0803. The molecule has 0 radical (unpaired) electrons. The van der Waals surface area contributed by atoms with Gasteiger partial charge in [0.05, 0.1) is 18.8 Å². The molecule has 1 aliphatic heterocycles. The zero-order valence-corrected chi connectivity index (χ0v) is 14.6. The summed E-state index contributed by atoms with van der Waals surface area (Å²) in [5.74, 6) is 0. The number of thiophene rings is 1. The van der Waals surface area contributed by atoms with Crippen LogP contribution in [0.3, 0.4) is 0 Å². The number of morpholine rings is 1. The molecule has 0 spiro atoms. The van der Waals surface area contributed by atoms with Crippen LogP contribution in [0.25, 0.3) is 0 Å². The third-order valence-corrected chi connectivity index (χ3v) is 5.96. The second-order valence-corrected chi connectivity index (χ2v) is 7.55. The van der Waals surface area contributed by atoms with Crippen LogP contribution < -0.4 is 5.32 Å². The van der Waals surface area contributed by atoms with E-state index in [2.05, 4.69) is 46.1 Å². The molecule has 1 aromatic rings. The SMILES string of the molecule is CNCC1OCCN(C(C)C)C1c1cc(Br)c(Cl)s1. The van der Waals surface area contributed by atoms with Crippen molar-refractivity contribution in [1.82, 2.24) is 10.2 Å². The highest BCUT2D eigenvalue weighted by Gasteiger charge is 2.35. The van der Waals surface area contributed by atoms with Gasteiger partial charge in [0.2, 0.25) is 0 Å². The van der Waals surface area contributed by atoms with Gasteiger partial charge in [0.15, 0.2) is 0 Å². The molecule has 0 aromatic carbocycles. The number of rotatable bonds is 4. The number of hydrogen-bond acceptors (Lipinski definition) is 4. The van der Waals surface area contributed by atoms with Crippen molar-refractivity contribution in [1.29, 1.82) is 0 Å². The number of hydrogen-bond donors (Lipinski definition) is 1. The van der Waals surface area contributed by atoms with E-state index >= 15 is 0 Å². The highest BCUT2D eigenvalue weighted by Crippen LogP contribution is 2.40. The summed E-state index contributed by atoms with van der Waals surface area (Å²) in [6.07, 6.45) is 0.169. The van der Waals surface area contributed by atoms with Gasteiger partial charge in [0.1, 0.15) is 4.34 Å². The van der Waals surface area contributed by atoms with Gasteiger partial charge in [-0.2, -0.15) is 0 Å². The smallest absolute Gasteiger partial charge is 0.107 e. The summed E-state index contributed by atoms with van der Waals surface area (Å²) >= 11 is 11.3. The Hall–Kier alpha value is 0.350.